The third-order valence-corrected chi connectivity index (χ3v) is 2.96. The molecule has 1 heterocycles. The molecule has 2 N–H and O–H groups in total. The number of nitrogens with one attached hydrogen (secondary N) is 1. The third kappa shape index (κ3) is 3.48. The molecule has 0 aliphatic carbocycles. The van der Waals surface area contributed by atoms with Crippen molar-refractivity contribution in [1.29, 1.82) is 0 Å². The molecule has 0 spiro atoms. The van der Waals surface area contributed by atoms with E-state index in [2.05, 4.69) is 17.3 Å². The molecule has 1 atom stereocenters. The van der Waals surface area contributed by atoms with E-state index in [0.29, 0.717) is 12.3 Å². The number of phenols is 1. The van der Waals surface area contributed by atoms with Gasteiger partial charge in [0.1, 0.15) is 0 Å². The predicted molar refractivity (Wildman–Crippen MR) is 73.2 cm³/mol. The number of phenolic OH excluding ortho intramolecular Hbond substituents is 1. The average molecular weight is 261 g/mol. The summed E-state index contributed by atoms with van der Waals surface area (Å²) in [5.74, 6) is 0.697. The van der Waals surface area contributed by atoms with Crippen LogP contribution in [0.5, 0.6) is 11.5 Å². The first-order valence-electron chi connectivity index (χ1n) is 6.26. The van der Waals surface area contributed by atoms with Gasteiger partial charge in [-0.1, -0.05) is 12.1 Å². The van der Waals surface area contributed by atoms with Gasteiger partial charge in [-0.05, 0) is 19.1 Å². The van der Waals surface area contributed by atoms with Gasteiger partial charge in [-0.15, -0.1) is 0 Å². The molecule has 0 aliphatic heterocycles. The minimum atomic E-state index is 0.198. The van der Waals surface area contributed by atoms with Crippen molar-refractivity contribution in [3.8, 4) is 11.5 Å². The van der Waals surface area contributed by atoms with Crippen LogP contribution in [-0.4, -0.2) is 28.0 Å². The fourth-order valence-corrected chi connectivity index (χ4v) is 1.91. The van der Waals surface area contributed by atoms with Crippen LogP contribution in [0.15, 0.2) is 36.7 Å². The van der Waals surface area contributed by atoms with Gasteiger partial charge in [0.25, 0.3) is 0 Å². The first-order valence-corrected chi connectivity index (χ1v) is 6.26. The van der Waals surface area contributed by atoms with Gasteiger partial charge in [-0.25, -0.2) is 0 Å². The Kier molecular flexibility index (Phi) is 4.41. The molecule has 0 saturated heterocycles. The molecule has 0 radical (unpaired) electrons. The van der Waals surface area contributed by atoms with Gasteiger partial charge in [-0.3, -0.25) is 4.68 Å². The van der Waals surface area contributed by atoms with Crippen LogP contribution in [0.3, 0.4) is 0 Å². The van der Waals surface area contributed by atoms with Gasteiger partial charge in [0.05, 0.1) is 13.7 Å². The van der Waals surface area contributed by atoms with E-state index in [0.717, 1.165) is 12.1 Å². The summed E-state index contributed by atoms with van der Waals surface area (Å²) in [7, 11) is 1.55. The highest BCUT2D eigenvalue weighted by molar-refractivity contribution is 5.45. The van der Waals surface area contributed by atoms with E-state index < -0.39 is 0 Å². The molecule has 1 aromatic carbocycles. The fraction of sp³-hybridized carbons (Fsp3) is 0.357. The standard InChI is InChI=1S/C14H19N3O2/c1-11(10-17-8-4-7-16-17)15-9-12-5-3-6-13(19-2)14(12)18/h3-8,11,15,18H,9-10H2,1-2H3. The van der Waals surface area contributed by atoms with Crippen LogP contribution in [0.25, 0.3) is 0 Å². The van der Waals surface area contributed by atoms with Crippen molar-refractivity contribution in [3.63, 3.8) is 0 Å². The highest BCUT2D eigenvalue weighted by Gasteiger charge is 2.09. The SMILES string of the molecule is COc1cccc(CNC(C)Cn2cccn2)c1O. The smallest absolute Gasteiger partial charge is 0.162 e. The summed E-state index contributed by atoms with van der Waals surface area (Å²) in [4.78, 5) is 0. The van der Waals surface area contributed by atoms with E-state index in [-0.39, 0.29) is 11.8 Å². The molecule has 0 saturated carbocycles. The Labute approximate surface area is 112 Å². The van der Waals surface area contributed by atoms with Crippen molar-refractivity contribution >= 4 is 0 Å². The van der Waals surface area contributed by atoms with Crippen LogP contribution in [0, 0.1) is 0 Å². The number of hydrogen-bond donors (Lipinski definition) is 2. The number of aromatic nitrogens is 2. The fourth-order valence-electron chi connectivity index (χ4n) is 1.91. The summed E-state index contributed by atoms with van der Waals surface area (Å²) in [5.41, 5.74) is 0.826. The Morgan fingerprint density at radius 3 is 2.95 bits per heavy atom. The zero-order valence-corrected chi connectivity index (χ0v) is 11.2. The number of hydrogen-bond acceptors (Lipinski definition) is 4. The van der Waals surface area contributed by atoms with Crippen LogP contribution >= 0.6 is 0 Å². The Morgan fingerprint density at radius 1 is 1.42 bits per heavy atom. The van der Waals surface area contributed by atoms with Crippen LogP contribution in [-0.2, 0) is 13.1 Å². The zero-order chi connectivity index (χ0) is 13.7. The van der Waals surface area contributed by atoms with Crippen molar-refractivity contribution in [2.24, 2.45) is 0 Å². The normalized spacial score (nSPS) is 12.3. The quantitative estimate of drug-likeness (QED) is 0.832. The lowest BCUT2D eigenvalue weighted by molar-refractivity contribution is 0.367. The summed E-state index contributed by atoms with van der Waals surface area (Å²) in [5, 5.41) is 17.5. The summed E-state index contributed by atoms with van der Waals surface area (Å²) in [6, 6.07) is 7.65. The summed E-state index contributed by atoms with van der Waals surface area (Å²) in [6.45, 7) is 3.46. The summed E-state index contributed by atoms with van der Waals surface area (Å²) < 4.78 is 6.96. The van der Waals surface area contributed by atoms with Crippen molar-refractivity contribution in [3.05, 3.63) is 42.2 Å². The molecule has 1 unspecified atom stereocenters. The molecular weight excluding hydrogens is 242 g/mol. The highest BCUT2D eigenvalue weighted by Crippen LogP contribution is 2.29. The van der Waals surface area contributed by atoms with E-state index >= 15 is 0 Å². The molecule has 5 nitrogen and oxygen atoms in total. The maximum Gasteiger partial charge on any atom is 0.162 e. The van der Waals surface area contributed by atoms with Gasteiger partial charge in [0.15, 0.2) is 11.5 Å². The van der Waals surface area contributed by atoms with Crippen molar-refractivity contribution in [2.75, 3.05) is 7.11 Å². The molecule has 102 valence electrons. The van der Waals surface area contributed by atoms with Gasteiger partial charge in [0.2, 0.25) is 0 Å². The lowest BCUT2D eigenvalue weighted by atomic mass is 10.1. The molecule has 2 aromatic rings. The molecule has 19 heavy (non-hydrogen) atoms. The minimum absolute atomic E-state index is 0.198. The second-order valence-corrected chi connectivity index (χ2v) is 4.48. The van der Waals surface area contributed by atoms with Crippen molar-refractivity contribution in [1.82, 2.24) is 15.1 Å². The number of methoxy groups -OCH3 is 1. The summed E-state index contributed by atoms with van der Waals surface area (Å²) in [6.07, 6.45) is 3.70. The summed E-state index contributed by atoms with van der Waals surface area (Å²) >= 11 is 0. The largest absolute Gasteiger partial charge is 0.504 e. The maximum atomic E-state index is 9.98. The van der Waals surface area contributed by atoms with E-state index in [4.69, 9.17) is 4.74 Å². The number of nitrogens with zero attached hydrogens (tertiary/aromatic N) is 2. The topological polar surface area (TPSA) is 59.3 Å². The molecule has 0 amide bonds. The molecule has 0 bridgehead atoms. The predicted octanol–water partition coefficient (Wildman–Crippen LogP) is 1.78. The molecule has 5 heteroatoms. The lowest BCUT2D eigenvalue weighted by Gasteiger charge is -2.15. The second kappa shape index (κ2) is 6.24. The van der Waals surface area contributed by atoms with E-state index in [1.165, 1.54) is 0 Å². The number of benzene rings is 1. The monoisotopic (exact) mass is 261 g/mol. The Balaban J connectivity index is 1.91. The van der Waals surface area contributed by atoms with E-state index in [1.54, 1.807) is 19.4 Å². The van der Waals surface area contributed by atoms with Gasteiger partial charge >= 0.3 is 0 Å². The third-order valence-electron chi connectivity index (χ3n) is 2.96. The van der Waals surface area contributed by atoms with Crippen molar-refractivity contribution in [2.45, 2.75) is 26.1 Å². The molecule has 0 fully saturated rings. The minimum Gasteiger partial charge on any atom is -0.504 e. The van der Waals surface area contributed by atoms with Crippen molar-refractivity contribution < 1.29 is 9.84 Å². The highest BCUT2D eigenvalue weighted by atomic mass is 16.5. The van der Waals surface area contributed by atoms with E-state index in [1.807, 2.05) is 29.1 Å². The first kappa shape index (κ1) is 13.4. The second-order valence-electron chi connectivity index (χ2n) is 4.48. The molecule has 2 rings (SSSR count). The maximum absolute atomic E-state index is 9.98. The first-order chi connectivity index (χ1) is 9.20. The van der Waals surface area contributed by atoms with Gasteiger partial charge in [-0.2, -0.15) is 5.10 Å². The van der Waals surface area contributed by atoms with Gasteiger partial charge < -0.3 is 15.2 Å². The number of ether oxygens (including phenoxy) is 1. The molecule has 1 aromatic heterocycles. The number of para-hydroxylation sites is 1. The average Bonchev–Trinajstić information content (AvgIpc) is 2.90. The van der Waals surface area contributed by atoms with Crippen LogP contribution in [0.1, 0.15) is 12.5 Å². The number of rotatable bonds is 6. The Bertz CT molecular complexity index is 511. The zero-order valence-electron chi connectivity index (χ0n) is 11.2. The molecule has 0 aliphatic rings. The van der Waals surface area contributed by atoms with Gasteiger partial charge in [0, 0.05) is 30.5 Å². The van der Waals surface area contributed by atoms with Crippen LogP contribution in [0.2, 0.25) is 0 Å². The number of aromatic hydroxyl groups is 1. The Hall–Kier alpha value is -2.01. The lowest BCUT2D eigenvalue weighted by Crippen LogP contribution is -2.30. The van der Waals surface area contributed by atoms with Crippen LogP contribution in [0.4, 0.5) is 0 Å². The van der Waals surface area contributed by atoms with E-state index in [9.17, 15) is 5.11 Å². The Morgan fingerprint density at radius 2 is 2.26 bits per heavy atom. The van der Waals surface area contributed by atoms with Crippen LogP contribution < -0.4 is 10.1 Å². The molecular formula is C14H19N3O2.